The zero-order valence-corrected chi connectivity index (χ0v) is 18.3. The Kier molecular flexibility index (Phi) is 5.55. The number of carbonyl (C=O) groups excluding carboxylic acids is 1. The van der Waals surface area contributed by atoms with Crippen LogP contribution >= 0.6 is 11.6 Å². The largest absolute Gasteiger partial charge is 0.454 e. The first-order valence-electron chi connectivity index (χ1n) is 9.94. The molecule has 11 nitrogen and oxygen atoms in total. The molecule has 0 bridgehead atoms. The SMILES string of the molecule is NN=C(c1ccc(-c2cccc(C(N)=O)c2)o1)c1nc2nonc2nc1Nc1ccc(F)c(Cl)c1. The molecule has 0 atom stereocenters. The van der Waals surface area contributed by atoms with E-state index in [1.807, 2.05) is 0 Å². The predicted molar refractivity (Wildman–Crippen MR) is 125 cm³/mol. The van der Waals surface area contributed by atoms with E-state index in [1.165, 1.54) is 18.2 Å². The van der Waals surface area contributed by atoms with Crippen molar-refractivity contribution in [3.8, 4) is 11.3 Å². The zero-order valence-electron chi connectivity index (χ0n) is 17.6. The molecular weight excluding hydrogens is 479 g/mol. The van der Waals surface area contributed by atoms with Crippen LogP contribution in [0.3, 0.4) is 0 Å². The summed E-state index contributed by atoms with van der Waals surface area (Å²) in [6.07, 6.45) is 0. The van der Waals surface area contributed by atoms with Crippen LogP contribution < -0.4 is 16.9 Å². The Labute approximate surface area is 200 Å². The van der Waals surface area contributed by atoms with E-state index in [9.17, 15) is 9.18 Å². The number of furan rings is 1. The minimum Gasteiger partial charge on any atom is -0.454 e. The summed E-state index contributed by atoms with van der Waals surface area (Å²) in [5.41, 5.74) is 7.23. The van der Waals surface area contributed by atoms with Crippen LogP contribution in [0.2, 0.25) is 5.02 Å². The fourth-order valence-corrected chi connectivity index (χ4v) is 3.47. The maximum atomic E-state index is 13.6. The molecule has 2 aromatic carbocycles. The highest BCUT2D eigenvalue weighted by atomic mass is 35.5. The molecular formula is C22H14ClFN8O3. The number of nitrogens with zero attached hydrogens (tertiary/aromatic N) is 5. The van der Waals surface area contributed by atoms with Crippen LogP contribution in [0.15, 0.2) is 68.7 Å². The van der Waals surface area contributed by atoms with Crippen LogP contribution in [0.25, 0.3) is 22.6 Å². The lowest BCUT2D eigenvalue weighted by molar-refractivity contribution is 0.100. The first kappa shape index (κ1) is 22.0. The number of anilines is 2. The molecule has 0 saturated carbocycles. The lowest BCUT2D eigenvalue weighted by Crippen LogP contribution is -2.13. The van der Waals surface area contributed by atoms with Gasteiger partial charge in [-0.1, -0.05) is 23.7 Å². The molecule has 0 aliphatic rings. The van der Waals surface area contributed by atoms with Crippen LogP contribution in [0.4, 0.5) is 15.9 Å². The molecule has 5 N–H and O–H groups in total. The Morgan fingerprint density at radius 1 is 1.06 bits per heavy atom. The van der Waals surface area contributed by atoms with Crippen molar-refractivity contribution in [2.45, 2.75) is 0 Å². The highest BCUT2D eigenvalue weighted by Crippen LogP contribution is 2.28. The number of hydrogen-bond acceptors (Lipinski definition) is 10. The molecule has 1 amide bonds. The van der Waals surface area contributed by atoms with Gasteiger partial charge in [0.2, 0.25) is 17.2 Å². The van der Waals surface area contributed by atoms with Gasteiger partial charge in [-0.05, 0) is 52.8 Å². The van der Waals surface area contributed by atoms with E-state index >= 15 is 0 Å². The second-order valence-corrected chi connectivity index (χ2v) is 7.58. The minimum absolute atomic E-state index is 0.0877. The molecule has 0 spiro atoms. The molecule has 13 heteroatoms. The molecule has 5 rings (SSSR count). The molecule has 0 unspecified atom stereocenters. The topological polar surface area (TPSA) is 171 Å². The van der Waals surface area contributed by atoms with Gasteiger partial charge in [-0.15, -0.1) is 0 Å². The van der Waals surface area contributed by atoms with Crippen molar-refractivity contribution in [3.05, 3.63) is 82.5 Å². The fraction of sp³-hybridized carbons (Fsp3) is 0. The Morgan fingerprint density at radius 2 is 1.86 bits per heavy atom. The number of hydrogen-bond donors (Lipinski definition) is 3. The Morgan fingerprint density at radius 3 is 2.60 bits per heavy atom. The van der Waals surface area contributed by atoms with Crippen LogP contribution in [-0.2, 0) is 0 Å². The number of hydrazone groups is 1. The number of benzene rings is 2. The molecule has 3 heterocycles. The summed E-state index contributed by atoms with van der Waals surface area (Å²) in [6, 6.07) is 14.0. The second-order valence-electron chi connectivity index (χ2n) is 7.17. The van der Waals surface area contributed by atoms with E-state index in [1.54, 1.807) is 36.4 Å². The van der Waals surface area contributed by atoms with Gasteiger partial charge >= 0.3 is 0 Å². The molecule has 0 aliphatic carbocycles. The lowest BCUT2D eigenvalue weighted by atomic mass is 10.1. The molecule has 0 aliphatic heterocycles. The predicted octanol–water partition coefficient (Wildman–Crippen LogP) is 3.62. The number of aromatic nitrogens is 4. The number of nitrogens with one attached hydrogen (secondary N) is 1. The molecule has 0 fully saturated rings. The molecule has 0 radical (unpaired) electrons. The normalized spacial score (nSPS) is 11.7. The van der Waals surface area contributed by atoms with Gasteiger partial charge in [-0.3, -0.25) is 4.79 Å². The van der Waals surface area contributed by atoms with E-state index in [2.05, 4.69) is 30.7 Å². The average Bonchev–Trinajstić information content (AvgIpc) is 3.52. The highest BCUT2D eigenvalue weighted by molar-refractivity contribution is 6.31. The van der Waals surface area contributed by atoms with Gasteiger partial charge < -0.3 is 21.3 Å². The van der Waals surface area contributed by atoms with Gasteiger partial charge in [0.25, 0.3) is 0 Å². The number of amides is 1. The van der Waals surface area contributed by atoms with Gasteiger partial charge in [0.1, 0.15) is 17.3 Å². The molecule has 35 heavy (non-hydrogen) atoms. The Hall–Kier alpha value is -4.84. The molecule has 5 aromatic rings. The zero-order chi connectivity index (χ0) is 24.5. The second kappa shape index (κ2) is 8.83. The third-order valence-corrected chi connectivity index (χ3v) is 5.21. The van der Waals surface area contributed by atoms with E-state index in [-0.39, 0.29) is 39.3 Å². The first-order valence-corrected chi connectivity index (χ1v) is 10.3. The Balaban J connectivity index is 1.57. The van der Waals surface area contributed by atoms with Crippen molar-refractivity contribution in [2.75, 3.05) is 5.32 Å². The number of rotatable bonds is 6. The van der Waals surface area contributed by atoms with Crippen molar-refractivity contribution < 1.29 is 18.2 Å². The highest BCUT2D eigenvalue weighted by Gasteiger charge is 2.22. The van der Waals surface area contributed by atoms with Crippen LogP contribution in [0, 0.1) is 5.82 Å². The van der Waals surface area contributed by atoms with E-state index in [0.29, 0.717) is 22.6 Å². The summed E-state index contributed by atoms with van der Waals surface area (Å²) >= 11 is 5.90. The summed E-state index contributed by atoms with van der Waals surface area (Å²) in [5.74, 6) is 5.41. The summed E-state index contributed by atoms with van der Waals surface area (Å²) in [4.78, 5) is 20.3. The number of fused-ring (bicyclic) bond motifs is 1. The van der Waals surface area contributed by atoms with Crippen LogP contribution in [0.1, 0.15) is 21.8 Å². The maximum absolute atomic E-state index is 13.6. The minimum atomic E-state index is -0.576. The van der Waals surface area contributed by atoms with Crippen LogP contribution in [-0.4, -0.2) is 31.9 Å². The number of nitrogens with two attached hydrogens (primary N) is 2. The lowest BCUT2D eigenvalue weighted by Gasteiger charge is -2.11. The number of carbonyl (C=O) groups is 1. The molecule has 3 aromatic heterocycles. The van der Waals surface area contributed by atoms with Gasteiger partial charge in [-0.25, -0.2) is 19.0 Å². The maximum Gasteiger partial charge on any atom is 0.248 e. The number of primary amides is 1. The van der Waals surface area contributed by atoms with E-state index < -0.39 is 11.7 Å². The van der Waals surface area contributed by atoms with E-state index in [0.717, 1.165) is 0 Å². The summed E-state index contributed by atoms with van der Waals surface area (Å²) in [6.45, 7) is 0. The first-order chi connectivity index (χ1) is 16.9. The molecule has 174 valence electrons. The summed E-state index contributed by atoms with van der Waals surface area (Å²) in [5, 5.41) is 14.2. The van der Waals surface area contributed by atoms with Gasteiger partial charge in [0.05, 0.1) is 5.02 Å². The van der Waals surface area contributed by atoms with Gasteiger partial charge in [0.15, 0.2) is 17.3 Å². The smallest absolute Gasteiger partial charge is 0.248 e. The van der Waals surface area contributed by atoms with Crippen molar-refractivity contribution in [1.82, 2.24) is 20.3 Å². The monoisotopic (exact) mass is 492 g/mol. The van der Waals surface area contributed by atoms with Crippen molar-refractivity contribution >= 4 is 46.0 Å². The van der Waals surface area contributed by atoms with Crippen molar-refractivity contribution in [3.63, 3.8) is 0 Å². The van der Waals surface area contributed by atoms with E-state index in [4.69, 9.17) is 32.2 Å². The quantitative estimate of drug-likeness (QED) is 0.182. The van der Waals surface area contributed by atoms with Crippen LogP contribution in [0.5, 0.6) is 0 Å². The third kappa shape index (κ3) is 4.25. The number of halogens is 2. The fourth-order valence-electron chi connectivity index (χ4n) is 3.29. The van der Waals surface area contributed by atoms with Gasteiger partial charge in [0, 0.05) is 16.8 Å². The van der Waals surface area contributed by atoms with Gasteiger partial charge in [-0.2, -0.15) is 5.10 Å². The summed E-state index contributed by atoms with van der Waals surface area (Å²) in [7, 11) is 0. The average molecular weight is 493 g/mol. The third-order valence-electron chi connectivity index (χ3n) is 4.92. The standard InChI is InChI=1S/C22H14ClFN8O3/c23-13-9-12(4-5-14(13)24)27-20-18(28-21-22(29-20)32-35-31-21)17(30-26)16-7-6-15(34-16)10-2-1-3-11(8-10)19(25)33/h1-9H,26H2,(H2,25,33)(H,27,29,32). The Bertz CT molecular complexity index is 1610. The van der Waals surface area contributed by atoms with Crippen molar-refractivity contribution in [1.29, 1.82) is 0 Å². The van der Waals surface area contributed by atoms with Crippen molar-refractivity contribution in [2.24, 2.45) is 16.7 Å². The molecule has 0 saturated heterocycles. The summed E-state index contributed by atoms with van der Waals surface area (Å²) < 4.78 is 24.3.